The molecule has 5 aromatic rings. The molecule has 5 rings (SSSR count). The van der Waals surface area contributed by atoms with Crippen molar-refractivity contribution in [1.82, 2.24) is 9.97 Å². The van der Waals surface area contributed by atoms with Gasteiger partial charge in [0.05, 0.1) is 16.7 Å². The van der Waals surface area contributed by atoms with Crippen LogP contribution in [0.4, 0.5) is 0 Å². The van der Waals surface area contributed by atoms with Crippen LogP contribution >= 0.6 is 20.3 Å². The first-order valence-electron chi connectivity index (χ1n) is 10.2. The average molecular weight is 520 g/mol. The number of fused-ring (bicyclic) bond motifs is 3. The van der Waals surface area contributed by atoms with E-state index in [1.165, 1.54) is 10.4 Å². The van der Waals surface area contributed by atoms with E-state index in [1.54, 1.807) is 0 Å². The molecule has 0 N–H and O–H groups in total. The molecule has 0 atom stereocenters. The number of rotatable bonds is 3. The summed E-state index contributed by atoms with van der Waals surface area (Å²) in [5, 5.41) is 5.05. The van der Waals surface area contributed by atoms with Crippen LogP contribution in [0.15, 0.2) is 97.2 Å². The first-order valence-corrected chi connectivity index (χ1v) is 16.1. The third-order valence-corrected chi connectivity index (χ3v) is 9.28. The molecule has 0 bridgehead atoms. The summed E-state index contributed by atoms with van der Waals surface area (Å²) in [6.07, 6.45) is 1.85. The van der Waals surface area contributed by atoms with Gasteiger partial charge >= 0.3 is 33.2 Å². The zero-order chi connectivity index (χ0) is 22.6. The molecule has 0 spiro atoms. The predicted molar refractivity (Wildman–Crippen MR) is 137 cm³/mol. The second kappa shape index (κ2) is 10.2. The molecule has 0 saturated carbocycles. The Kier molecular flexibility index (Phi) is 7.28. The van der Waals surface area contributed by atoms with Gasteiger partial charge in [-0.25, -0.2) is 4.98 Å². The molecule has 0 saturated heterocycles. The molecule has 0 aliphatic rings. The van der Waals surface area contributed by atoms with Crippen molar-refractivity contribution in [1.29, 1.82) is 0 Å². The van der Waals surface area contributed by atoms with Crippen LogP contribution in [-0.4, -0.2) is 18.0 Å². The monoisotopic (exact) mass is 519 g/mol. The van der Waals surface area contributed by atoms with Crippen molar-refractivity contribution in [2.75, 3.05) is 0 Å². The van der Waals surface area contributed by atoms with Gasteiger partial charge in [0, 0.05) is 22.5 Å². The normalized spacial score (nSPS) is 11.4. The maximum atomic E-state index is 5.24. The van der Waals surface area contributed by atoms with Crippen LogP contribution in [0, 0.1) is 0 Å². The van der Waals surface area contributed by atoms with Gasteiger partial charge in [-0.05, 0) is 11.3 Å². The van der Waals surface area contributed by atoms with Crippen LogP contribution in [0.5, 0.6) is 0 Å². The standard InChI is InChI=1S/C26H22N2Si.2ClH.Co/c1-29(2,22-13-7-4-8-14-22)23-18-21-16-15-20-12-9-17-27-25(20)26(21)28-24(23)19-10-5-3-6-11-19;;;/h3-18H,1-2H3;2*1H;/q;;;+2/p-2. The van der Waals surface area contributed by atoms with Crippen molar-refractivity contribution in [3.63, 3.8) is 0 Å². The van der Waals surface area contributed by atoms with Crippen LogP contribution in [-0.2, 0) is 12.9 Å². The molecule has 32 heavy (non-hydrogen) atoms. The van der Waals surface area contributed by atoms with Crippen LogP contribution in [0.25, 0.3) is 33.1 Å². The number of nitrogens with zero attached hydrogens (tertiary/aromatic N) is 2. The number of hydrogen-bond acceptors (Lipinski definition) is 2. The van der Waals surface area contributed by atoms with Crippen LogP contribution in [0.1, 0.15) is 0 Å². The second-order valence-electron chi connectivity index (χ2n) is 8.00. The summed E-state index contributed by atoms with van der Waals surface area (Å²) in [4.78, 5) is 9.88. The average Bonchev–Trinajstić information content (AvgIpc) is 2.84. The minimum atomic E-state index is -1.95. The summed E-state index contributed by atoms with van der Waals surface area (Å²) < 4.78 is 0. The van der Waals surface area contributed by atoms with Crippen molar-refractivity contribution in [3.8, 4) is 11.3 Å². The molecular formula is C26H22Cl2CoN2Si. The Morgan fingerprint density at radius 2 is 1.34 bits per heavy atom. The molecule has 163 valence electrons. The van der Waals surface area contributed by atoms with Gasteiger partial charge in [0.15, 0.2) is 0 Å². The van der Waals surface area contributed by atoms with Gasteiger partial charge in [-0.2, -0.15) is 0 Å². The zero-order valence-corrected chi connectivity index (χ0v) is 21.3. The van der Waals surface area contributed by atoms with Gasteiger partial charge in [-0.1, -0.05) is 103 Å². The van der Waals surface area contributed by atoms with Crippen molar-refractivity contribution in [2.45, 2.75) is 13.1 Å². The van der Waals surface area contributed by atoms with Gasteiger partial charge in [0.25, 0.3) is 0 Å². The van der Waals surface area contributed by atoms with Gasteiger partial charge in [0.1, 0.15) is 8.07 Å². The van der Waals surface area contributed by atoms with Gasteiger partial charge in [-0.15, -0.1) is 0 Å². The topological polar surface area (TPSA) is 25.8 Å². The van der Waals surface area contributed by atoms with E-state index in [2.05, 4.69) is 103 Å². The van der Waals surface area contributed by atoms with E-state index >= 15 is 0 Å². The number of benzene rings is 3. The first-order chi connectivity index (χ1) is 15.6. The summed E-state index contributed by atoms with van der Waals surface area (Å²) in [6.45, 7) is 4.83. The quantitative estimate of drug-likeness (QED) is 0.197. The molecule has 0 unspecified atom stereocenters. The molecule has 0 aliphatic heterocycles. The Morgan fingerprint density at radius 3 is 2.03 bits per heavy atom. The number of hydrogen-bond donors (Lipinski definition) is 0. The third kappa shape index (κ3) is 4.61. The first kappa shape index (κ1) is 23.0. The summed E-state index contributed by atoms with van der Waals surface area (Å²) in [5.41, 5.74) is 4.18. The van der Waals surface area contributed by atoms with Crippen molar-refractivity contribution in [3.05, 3.63) is 97.2 Å². The minimum absolute atomic E-state index is 0.382. The molecular weight excluding hydrogens is 498 g/mol. The Labute approximate surface area is 204 Å². The Balaban J connectivity index is 0.000000775. The zero-order valence-electron chi connectivity index (χ0n) is 17.7. The molecule has 2 nitrogen and oxygen atoms in total. The number of aromatic nitrogens is 2. The molecule has 0 radical (unpaired) electrons. The van der Waals surface area contributed by atoms with Gasteiger partial charge in [-0.3, -0.25) is 4.98 Å². The van der Waals surface area contributed by atoms with E-state index < -0.39 is 8.07 Å². The SMILES string of the molecule is C[Si](C)(c1ccccc1)c1cc2ccc3cccnc3c2nc1-c1ccccc1.[Cl][Co][Cl]. The maximum absolute atomic E-state index is 5.24. The van der Waals surface area contributed by atoms with E-state index in [0.717, 1.165) is 33.1 Å². The fraction of sp³-hybridized carbons (Fsp3) is 0.0769. The fourth-order valence-corrected chi connectivity index (χ4v) is 6.72. The molecule has 0 fully saturated rings. The van der Waals surface area contributed by atoms with Crippen LogP contribution in [0.2, 0.25) is 13.1 Å². The molecule has 2 aromatic heterocycles. The van der Waals surface area contributed by atoms with Gasteiger partial charge < -0.3 is 0 Å². The van der Waals surface area contributed by atoms with Gasteiger partial charge in [0.2, 0.25) is 0 Å². The summed E-state index contributed by atoms with van der Waals surface area (Å²) >= 11 is 0.382. The van der Waals surface area contributed by atoms with E-state index in [9.17, 15) is 0 Å². The van der Waals surface area contributed by atoms with Crippen LogP contribution in [0.3, 0.4) is 0 Å². The number of halogens is 2. The van der Waals surface area contributed by atoms with E-state index in [0.29, 0.717) is 12.9 Å². The Bertz CT molecular complexity index is 1350. The third-order valence-electron chi connectivity index (χ3n) is 5.77. The van der Waals surface area contributed by atoms with E-state index in [1.807, 2.05) is 12.3 Å². The fourth-order valence-electron chi connectivity index (χ4n) is 4.08. The summed E-state index contributed by atoms with van der Waals surface area (Å²) in [7, 11) is 7.51. The summed E-state index contributed by atoms with van der Waals surface area (Å²) in [6, 6.07) is 32.2. The molecule has 6 heteroatoms. The molecule has 3 aromatic carbocycles. The molecule has 0 aliphatic carbocycles. The van der Waals surface area contributed by atoms with Crippen molar-refractivity contribution >= 4 is 60.5 Å². The molecule has 2 heterocycles. The predicted octanol–water partition coefficient (Wildman–Crippen LogP) is 6.65. The Hall–Kier alpha value is -2.22. The van der Waals surface area contributed by atoms with Crippen molar-refractivity contribution < 1.29 is 12.9 Å². The second-order valence-corrected chi connectivity index (χ2v) is 14.1. The van der Waals surface area contributed by atoms with Crippen LogP contribution < -0.4 is 10.4 Å². The van der Waals surface area contributed by atoms with E-state index in [4.69, 9.17) is 25.3 Å². The molecule has 0 amide bonds. The Morgan fingerprint density at radius 1 is 0.719 bits per heavy atom. The summed E-state index contributed by atoms with van der Waals surface area (Å²) in [5.74, 6) is 0. The van der Waals surface area contributed by atoms with E-state index in [-0.39, 0.29) is 0 Å². The van der Waals surface area contributed by atoms with Crippen molar-refractivity contribution in [2.24, 2.45) is 0 Å². The number of pyridine rings is 2.